The molecule has 15 heavy (non-hydrogen) atoms. The molecule has 2 rings (SSSR count). The molecule has 1 heterocycles. The Kier molecular flexibility index (Phi) is 4.03. The van der Waals surface area contributed by atoms with Crippen molar-refractivity contribution in [2.24, 2.45) is 0 Å². The van der Waals surface area contributed by atoms with Crippen LogP contribution in [0.4, 0.5) is 0 Å². The third-order valence-corrected chi connectivity index (χ3v) is 3.68. The van der Waals surface area contributed by atoms with Crippen molar-refractivity contribution in [1.82, 2.24) is 10.2 Å². The quantitative estimate of drug-likeness (QED) is 0.789. The molecule has 2 aliphatic rings. The summed E-state index contributed by atoms with van der Waals surface area (Å²) in [4.78, 5) is 14.0. The van der Waals surface area contributed by atoms with Crippen molar-refractivity contribution < 1.29 is 4.79 Å². The van der Waals surface area contributed by atoms with Gasteiger partial charge in [-0.25, -0.2) is 0 Å². The number of halogens is 1. The van der Waals surface area contributed by atoms with Crippen LogP contribution in [0.3, 0.4) is 0 Å². The highest BCUT2D eigenvalue weighted by Gasteiger charge is 2.31. The van der Waals surface area contributed by atoms with E-state index in [2.05, 4.69) is 26.1 Å². The summed E-state index contributed by atoms with van der Waals surface area (Å²) in [5, 5.41) is 3.87. The second-order valence-corrected chi connectivity index (χ2v) is 5.34. The van der Waals surface area contributed by atoms with Crippen molar-refractivity contribution >= 4 is 21.8 Å². The zero-order chi connectivity index (χ0) is 10.7. The van der Waals surface area contributed by atoms with E-state index in [1.165, 1.54) is 25.9 Å². The van der Waals surface area contributed by atoms with Crippen LogP contribution < -0.4 is 5.32 Å². The number of hydrogen-bond acceptors (Lipinski definition) is 2. The van der Waals surface area contributed by atoms with E-state index < -0.39 is 0 Å². The minimum Gasteiger partial charge on any atom is -0.353 e. The minimum absolute atomic E-state index is 0.191. The van der Waals surface area contributed by atoms with Gasteiger partial charge in [0.1, 0.15) is 0 Å². The molecule has 0 atom stereocenters. The molecule has 1 aliphatic heterocycles. The highest BCUT2D eigenvalue weighted by molar-refractivity contribution is 9.09. The van der Waals surface area contributed by atoms with Gasteiger partial charge in [0.15, 0.2) is 0 Å². The maximum Gasteiger partial charge on any atom is 0.221 e. The molecule has 0 aromatic rings. The fraction of sp³-hybridized carbons (Fsp3) is 0.909. The number of rotatable bonds is 4. The number of carbonyl (C=O) groups excluding carboxylic acids is 1. The largest absolute Gasteiger partial charge is 0.353 e. The van der Waals surface area contributed by atoms with Crippen molar-refractivity contribution in [3.05, 3.63) is 0 Å². The highest BCUT2D eigenvalue weighted by Crippen LogP contribution is 2.29. The van der Waals surface area contributed by atoms with Crippen molar-refractivity contribution in [2.75, 3.05) is 18.4 Å². The Morgan fingerprint density at radius 1 is 1.27 bits per heavy atom. The number of likely N-dealkylation sites (tertiary alicyclic amines) is 1. The van der Waals surface area contributed by atoms with Gasteiger partial charge in [-0.3, -0.25) is 4.79 Å². The van der Waals surface area contributed by atoms with E-state index in [0.29, 0.717) is 12.5 Å². The lowest BCUT2D eigenvalue weighted by molar-refractivity contribution is -0.121. The number of amides is 1. The molecule has 0 aromatic heterocycles. The van der Waals surface area contributed by atoms with Gasteiger partial charge in [0.25, 0.3) is 0 Å². The molecule has 0 aromatic carbocycles. The molecular weight excluding hydrogens is 256 g/mol. The van der Waals surface area contributed by atoms with Gasteiger partial charge in [0, 0.05) is 36.9 Å². The fourth-order valence-corrected chi connectivity index (χ4v) is 2.59. The van der Waals surface area contributed by atoms with Crippen LogP contribution in [0, 0.1) is 0 Å². The molecule has 3 nitrogen and oxygen atoms in total. The fourth-order valence-electron chi connectivity index (χ4n) is 2.23. The number of alkyl halides is 1. The average Bonchev–Trinajstić information content (AvgIpc) is 3.03. The molecule has 1 aliphatic carbocycles. The Bertz CT molecular complexity index is 223. The maximum absolute atomic E-state index is 11.4. The molecule has 1 amide bonds. The molecule has 86 valence electrons. The molecule has 4 heteroatoms. The highest BCUT2D eigenvalue weighted by atomic mass is 79.9. The predicted octanol–water partition coefficient (Wildman–Crippen LogP) is 1.51. The van der Waals surface area contributed by atoms with Crippen LogP contribution >= 0.6 is 15.9 Å². The van der Waals surface area contributed by atoms with Gasteiger partial charge in [-0.1, -0.05) is 15.9 Å². The summed E-state index contributed by atoms with van der Waals surface area (Å²) in [5.41, 5.74) is 0. The Labute approximate surface area is 99.7 Å². The van der Waals surface area contributed by atoms with Crippen LogP contribution in [0.25, 0.3) is 0 Å². The summed E-state index contributed by atoms with van der Waals surface area (Å²) < 4.78 is 0. The molecule has 0 unspecified atom stereocenters. The van der Waals surface area contributed by atoms with E-state index in [4.69, 9.17) is 0 Å². The first-order valence-corrected chi connectivity index (χ1v) is 7.01. The van der Waals surface area contributed by atoms with Gasteiger partial charge in [-0.05, 0) is 25.7 Å². The predicted molar refractivity (Wildman–Crippen MR) is 64.2 cm³/mol. The lowest BCUT2D eigenvalue weighted by Crippen LogP contribution is -2.45. The lowest BCUT2D eigenvalue weighted by atomic mass is 10.0. The van der Waals surface area contributed by atoms with Crippen molar-refractivity contribution in [3.8, 4) is 0 Å². The molecule has 0 spiro atoms. The van der Waals surface area contributed by atoms with Crippen molar-refractivity contribution in [2.45, 2.75) is 44.2 Å². The zero-order valence-corrected chi connectivity index (χ0v) is 10.6. The topological polar surface area (TPSA) is 32.3 Å². The Hall–Kier alpha value is -0.0900. The third kappa shape index (κ3) is 3.45. The summed E-state index contributed by atoms with van der Waals surface area (Å²) in [6.45, 7) is 2.34. The zero-order valence-electron chi connectivity index (χ0n) is 9.04. The van der Waals surface area contributed by atoms with Crippen LogP contribution in [0.5, 0.6) is 0 Å². The molecule has 1 saturated heterocycles. The summed E-state index contributed by atoms with van der Waals surface area (Å²) in [6.07, 6.45) is 5.64. The normalized spacial score (nSPS) is 24.1. The van der Waals surface area contributed by atoms with E-state index >= 15 is 0 Å². The SMILES string of the molecule is O=C(CCBr)NC1CCN(C2CC2)CC1. The van der Waals surface area contributed by atoms with E-state index in [1.54, 1.807) is 0 Å². The molecule has 1 saturated carbocycles. The Balaban J connectivity index is 1.66. The van der Waals surface area contributed by atoms with Crippen LogP contribution in [-0.2, 0) is 4.79 Å². The molecule has 0 bridgehead atoms. The summed E-state index contributed by atoms with van der Waals surface area (Å²) >= 11 is 3.28. The second-order valence-electron chi connectivity index (χ2n) is 4.55. The van der Waals surface area contributed by atoms with Crippen LogP contribution in [-0.4, -0.2) is 41.3 Å². The van der Waals surface area contributed by atoms with Crippen molar-refractivity contribution in [1.29, 1.82) is 0 Å². The standard InChI is InChI=1S/C11H19BrN2O/c12-6-3-11(15)13-9-4-7-14(8-5-9)10-1-2-10/h9-10H,1-8H2,(H,13,15). The molecule has 1 N–H and O–H groups in total. The number of nitrogens with zero attached hydrogens (tertiary/aromatic N) is 1. The number of nitrogens with one attached hydrogen (secondary N) is 1. The maximum atomic E-state index is 11.4. The van der Waals surface area contributed by atoms with Crippen LogP contribution in [0.1, 0.15) is 32.1 Å². The summed E-state index contributed by atoms with van der Waals surface area (Å²) in [6, 6.07) is 1.30. The number of carbonyl (C=O) groups is 1. The molecule has 2 fully saturated rings. The lowest BCUT2D eigenvalue weighted by Gasteiger charge is -2.32. The van der Waals surface area contributed by atoms with E-state index in [9.17, 15) is 4.79 Å². The van der Waals surface area contributed by atoms with Crippen LogP contribution in [0.2, 0.25) is 0 Å². The number of piperidine rings is 1. The van der Waals surface area contributed by atoms with Gasteiger partial charge >= 0.3 is 0 Å². The van der Waals surface area contributed by atoms with Gasteiger partial charge in [-0.15, -0.1) is 0 Å². The van der Waals surface area contributed by atoms with Crippen molar-refractivity contribution in [3.63, 3.8) is 0 Å². The third-order valence-electron chi connectivity index (χ3n) is 3.28. The summed E-state index contributed by atoms with van der Waals surface area (Å²) in [7, 11) is 0. The number of hydrogen-bond donors (Lipinski definition) is 1. The molecular formula is C11H19BrN2O. The smallest absolute Gasteiger partial charge is 0.221 e. The average molecular weight is 275 g/mol. The first-order chi connectivity index (χ1) is 7.29. The van der Waals surface area contributed by atoms with Gasteiger partial charge in [0.2, 0.25) is 5.91 Å². The monoisotopic (exact) mass is 274 g/mol. The van der Waals surface area contributed by atoms with Gasteiger partial charge in [-0.2, -0.15) is 0 Å². The Morgan fingerprint density at radius 2 is 1.93 bits per heavy atom. The van der Waals surface area contributed by atoms with E-state index in [1.807, 2.05) is 0 Å². The Morgan fingerprint density at radius 3 is 2.47 bits per heavy atom. The first kappa shape index (κ1) is 11.4. The van der Waals surface area contributed by atoms with Gasteiger partial charge < -0.3 is 10.2 Å². The minimum atomic E-state index is 0.191. The van der Waals surface area contributed by atoms with Gasteiger partial charge in [0.05, 0.1) is 0 Å². The second kappa shape index (κ2) is 5.30. The first-order valence-electron chi connectivity index (χ1n) is 5.89. The van der Waals surface area contributed by atoms with E-state index in [-0.39, 0.29) is 5.91 Å². The molecule has 0 radical (unpaired) electrons. The summed E-state index contributed by atoms with van der Waals surface area (Å²) in [5.74, 6) is 0.191. The van der Waals surface area contributed by atoms with Crippen LogP contribution in [0.15, 0.2) is 0 Å². The van der Waals surface area contributed by atoms with E-state index in [0.717, 1.165) is 24.2 Å².